The molecular weight excluding hydrogens is 262 g/mol. The Balaban J connectivity index is 2.07. The van der Waals surface area contributed by atoms with Gasteiger partial charge in [-0.2, -0.15) is 0 Å². The molecule has 0 aliphatic heterocycles. The molecule has 0 radical (unpaired) electrons. The van der Waals surface area contributed by atoms with Gasteiger partial charge in [0.25, 0.3) is 0 Å². The summed E-state index contributed by atoms with van der Waals surface area (Å²) in [5.41, 5.74) is 5.67. The number of rotatable bonds is 4. The number of nitrogens with one attached hydrogen (secondary N) is 1. The van der Waals surface area contributed by atoms with Crippen molar-refractivity contribution < 1.29 is 5.11 Å². The molecule has 0 unspecified atom stereocenters. The molecule has 106 valence electrons. The van der Waals surface area contributed by atoms with Gasteiger partial charge in [-0.05, 0) is 44.7 Å². The molecule has 0 amide bonds. The zero-order chi connectivity index (χ0) is 13.9. The standard InChI is InChI=1S/C14H22ClN3O/c1-2-7-17-11-3-5-14(19,6-4-11)12-8-10(15)9-18-13(12)16/h8-9,11,17,19H,2-7H2,1H3,(H2,16,18). The number of aromatic nitrogens is 1. The summed E-state index contributed by atoms with van der Waals surface area (Å²) in [5.74, 6) is 0.381. The van der Waals surface area contributed by atoms with Crippen LogP contribution in [-0.4, -0.2) is 22.7 Å². The summed E-state index contributed by atoms with van der Waals surface area (Å²) in [4.78, 5) is 4.04. The number of aliphatic hydroxyl groups is 1. The van der Waals surface area contributed by atoms with E-state index in [9.17, 15) is 5.11 Å². The molecule has 0 spiro atoms. The third kappa shape index (κ3) is 3.38. The zero-order valence-electron chi connectivity index (χ0n) is 11.3. The molecule has 5 heteroatoms. The van der Waals surface area contributed by atoms with Crippen molar-refractivity contribution in [1.82, 2.24) is 10.3 Å². The summed E-state index contributed by atoms with van der Waals surface area (Å²) in [6.45, 7) is 3.19. The molecule has 1 aromatic rings. The number of pyridine rings is 1. The van der Waals surface area contributed by atoms with Crippen LogP contribution in [0.25, 0.3) is 0 Å². The minimum Gasteiger partial charge on any atom is -0.385 e. The predicted octanol–water partition coefficient (Wildman–Crippen LogP) is 2.45. The molecule has 0 aromatic carbocycles. The zero-order valence-corrected chi connectivity index (χ0v) is 12.1. The van der Waals surface area contributed by atoms with Crippen LogP contribution in [0.15, 0.2) is 12.3 Å². The second-order valence-electron chi connectivity index (χ2n) is 5.35. The Morgan fingerprint density at radius 1 is 1.53 bits per heavy atom. The van der Waals surface area contributed by atoms with Crippen LogP contribution in [0, 0.1) is 0 Å². The van der Waals surface area contributed by atoms with Crippen molar-refractivity contribution in [3.8, 4) is 0 Å². The van der Waals surface area contributed by atoms with E-state index in [4.69, 9.17) is 17.3 Å². The highest BCUT2D eigenvalue weighted by atomic mass is 35.5. The van der Waals surface area contributed by atoms with Crippen molar-refractivity contribution in [1.29, 1.82) is 0 Å². The Labute approximate surface area is 119 Å². The number of nitrogens with two attached hydrogens (primary N) is 1. The molecule has 1 saturated carbocycles. The average molecular weight is 284 g/mol. The van der Waals surface area contributed by atoms with Gasteiger partial charge in [-0.1, -0.05) is 18.5 Å². The van der Waals surface area contributed by atoms with Gasteiger partial charge in [0.15, 0.2) is 0 Å². The van der Waals surface area contributed by atoms with E-state index in [2.05, 4.69) is 17.2 Å². The molecule has 1 aliphatic rings. The number of nitrogen functional groups attached to an aromatic ring is 1. The smallest absolute Gasteiger partial charge is 0.129 e. The van der Waals surface area contributed by atoms with Crippen molar-refractivity contribution in [2.45, 2.75) is 50.7 Å². The van der Waals surface area contributed by atoms with Crippen LogP contribution in [0.3, 0.4) is 0 Å². The maximum Gasteiger partial charge on any atom is 0.129 e. The first-order valence-electron chi connectivity index (χ1n) is 6.92. The number of hydrogen-bond acceptors (Lipinski definition) is 4. The Hall–Kier alpha value is -0.840. The van der Waals surface area contributed by atoms with Crippen LogP contribution < -0.4 is 11.1 Å². The van der Waals surface area contributed by atoms with Crippen molar-refractivity contribution >= 4 is 17.4 Å². The Morgan fingerprint density at radius 3 is 2.84 bits per heavy atom. The van der Waals surface area contributed by atoms with Gasteiger partial charge in [0, 0.05) is 17.8 Å². The van der Waals surface area contributed by atoms with E-state index in [1.807, 2.05) is 0 Å². The highest BCUT2D eigenvalue weighted by molar-refractivity contribution is 6.30. The quantitative estimate of drug-likeness (QED) is 0.794. The lowest BCUT2D eigenvalue weighted by molar-refractivity contribution is -0.00780. The minimum atomic E-state index is -0.883. The van der Waals surface area contributed by atoms with E-state index in [1.54, 1.807) is 6.07 Å². The number of anilines is 1. The molecule has 0 atom stereocenters. The first-order valence-corrected chi connectivity index (χ1v) is 7.30. The highest BCUT2D eigenvalue weighted by Gasteiger charge is 2.36. The molecule has 0 saturated heterocycles. The SMILES string of the molecule is CCCNC1CCC(O)(c2cc(Cl)cnc2N)CC1. The molecule has 1 heterocycles. The Kier molecular flexibility index (Phi) is 4.66. The molecule has 4 nitrogen and oxygen atoms in total. The van der Waals surface area contributed by atoms with E-state index in [1.165, 1.54) is 6.20 Å². The summed E-state index contributed by atoms with van der Waals surface area (Å²) >= 11 is 5.95. The lowest BCUT2D eigenvalue weighted by atomic mass is 9.78. The first kappa shape index (κ1) is 14.6. The fraction of sp³-hybridized carbons (Fsp3) is 0.643. The second kappa shape index (κ2) is 6.07. The molecule has 2 rings (SSSR count). The maximum absolute atomic E-state index is 10.8. The second-order valence-corrected chi connectivity index (χ2v) is 5.78. The third-order valence-electron chi connectivity index (χ3n) is 3.88. The van der Waals surface area contributed by atoms with E-state index >= 15 is 0 Å². The summed E-state index contributed by atoms with van der Waals surface area (Å²) in [6, 6.07) is 2.23. The fourth-order valence-electron chi connectivity index (χ4n) is 2.74. The van der Waals surface area contributed by atoms with Gasteiger partial charge >= 0.3 is 0 Å². The Morgan fingerprint density at radius 2 is 2.21 bits per heavy atom. The molecule has 1 fully saturated rings. The van der Waals surface area contributed by atoms with Gasteiger partial charge in [0.2, 0.25) is 0 Å². The maximum atomic E-state index is 10.8. The van der Waals surface area contributed by atoms with Crippen molar-refractivity contribution in [2.75, 3.05) is 12.3 Å². The average Bonchev–Trinajstić information content (AvgIpc) is 2.41. The van der Waals surface area contributed by atoms with Crippen LogP contribution in [0.4, 0.5) is 5.82 Å². The fourth-order valence-corrected chi connectivity index (χ4v) is 2.90. The van der Waals surface area contributed by atoms with E-state index in [0.717, 1.165) is 25.8 Å². The van der Waals surface area contributed by atoms with Crippen molar-refractivity contribution in [3.63, 3.8) is 0 Å². The lowest BCUT2D eigenvalue weighted by Crippen LogP contribution is -2.40. The van der Waals surface area contributed by atoms with Crippen LogP contribution in [0.1, 0.15) is 44.6 Å². The predicted molar refractivity (Wildman–Crippen MR) is 78.1 cm³/mol. The summed E-state index contributed by atoms with van der Waals surface area (Å²) < 4.78 is 0. The topological polar surface area (TPSA) is 71.2 Å². The summed E-state index contributed by atoms with van der Waals surface area (Å²) in [5, 5.41) is 14.8. The van der Waals surface area contributed by atoms with Gasteiger partial charge in [-0.15, -0.1) is 0 Å². The molecule has 4 N–H and O–H groups in total. The lowest BCUT2D eigenvalue weighted by Gasteiger charge is -2.37. The van der Waals surface area contributed by atoms with Gasteiger partial charge in [-0.25, -0.2) is 4.98 Å². The Bertz CT molecular complexity index is 431. The minimum absolute atomic E-state index is 0.381. The summed E-state index contributed by atoms with van der Waals surface area (Å²) in [6.07, 6.45) is 5.93. The highest BCUT2D eigenvalue weighted by Crippen LogP contribution is 2.39. The van der Waals surface area contributed by atoms with Crippen molar-refractivity contribution in [2.24, 2.45) is 0 Å². The molecular formula is C14H22ClN3O. The van der Waals surface area contributed by atoms with Gasteiger partial charge in [-0.3, -0.25) is 0 Å². The number of nitrogens with zero attached hydrogens (tertiary/aromatic N) is 1. The molecule has 19 heavy (non-hydrogen) atoms. The normalized spacial score (nSPS) is 27.4. The molecule has 1 aliphatic carbocycles. The number of hydrogen-bond donors (Lipinski definition) is 3. The largest absolute Gasteiger partial charge is 0.385 e. The van der Waals surface area contributed by atoms with Gasteiger partial charge in [0.1, 0.15) is 5.82 Å². The molecule has 1 aromatic heterocycles. The van der Waals surface area contributed by atoms with Gasteiger partial charge in [0.05, 0.1) is 10.6 Å². The van der Waals surface area contributed by atoms with Gasteiger partial charge < -0.3 is 16.2 Å². The van der Waals surface area contributed by atoms with Crippen LogP contribution in [-0.2, 0) is 5.60 Å². The third-order valence-corrected chi connectivity index (χ3v) is 4.09. The van der Waals surface area contributed by atoms with Crippen LogP contribution in [0.2, 0.25) is 5.02 Å². The van der Waals surface area contributed by atoms with Crippen LogP contribution in [0.5, 0.6) is 0 Å². The first-order chi connectivity index (χ1) is 9.05. The van der Waals surface area contributed by atoms with E-state index in [-0.39, 0.29) is 0 Å². The van der Waals surface area contributed by atoms with Crippen LogP contribution >= 0.6 is 11.6 Å². The summed E-state index contributed by atoms with van der Waals surface area (Å²) in [7, 11) is 0. The van der Waals surface area contributed by atoms with E-state index < -0.39 is 5.60 Å². The van der Waals surface area contributed by atoms with Crippen molar-refractivity contribution in [3.05, 3.63) is 22.8 Å². The number of halogens is 1. The monoisotopic (exact) mass is 283 g/mol. The molecule has 0 bridgehead atoms. The van der Waals surface area contributed by atoms with E-state index in [0.29, 0.717) is 35.3 Å².